The number of nitrogens with zero attached hydrogens (tertiary/aromatic N) is 1. The number of hydrogen-bond acceptors (Lipinski definition) is 4. The van der Waals surface area contributed by atoms with E-state index in [0.29, 0.717) is 22.1 Å². The molecule has 0 aromatic heterocycles. The molecule has 0 bridgehead atoms. The van der Waals surface area contributed by atoms with E-state index < -0.39 is 6.09 Å². The third kappa shape index (κ3) is 3.88. The largest absolute Gasteiger partial charge is 0.488 e. The topological polar surface area (TPSA) is 59.0 Å². The Kier molecular flexibility index (Phi) is 5.85. The molecule has 1 N–H and O–H groups in total. The number of amides is 1. The van der Waals surface area contributed by atoms with Crippen LogP contribution in [0.1, 0.15) is 22.3 Å². The van der Waals surface area contributed by atoms with Crippen molar-refractivity contribution in [2.45, 2.75) is 27.4 Å². The van der Waals surface area contributed by atoms with Crippen LogP contribution >= 0.6 is 15.9 Å². The first-order valence-electron chi connectivity index (χ1n) is 7.40. The number of carbonyl (C=O) groups is 1. The standard InChI is InChI=1S/C18H20BrNO4/c1-11-6-5-7-16(20(22)18(21)23-4)14(11)10-24-17-9-13(3)12(2)8-15(17)19/h5-9,22H,10H2,1-4H3. The molecule has 0 heterocycles. The van der Waals surface area contributed by atoms with Crippen LogP contribution in [-0.2, 0) is 11.3 Å². The molecule has 5 nitrogen and oxygen atoms in total. The fourth-order valence-corrected chi connectivity index (χ4v) is 2.85. The highest BCUT2D eigenvalue weighted by molar-refractivity contribution is 9.10. The van der Waals surface area contributed by atoms with Crippen LogP contribution in [0.2, 0.25) is 0 Å². The van der Waals surface area contributed by atoms with Gasteiger partial charge < -0.3 is 9.47 Å². The van der Waals surface area contributed by atoms with E-state index in [1.165, 1.54) is 7.11 Å². The van der Waals surface area contributed by atoms with E-state index in [0.717, 1.165) is 21.2 Å². The van der Waals surface area contributed by atoms with Gasteiger partial charge in [-0.15, -0.1) is 0 Å². The third-order valence-corrected chi connectivity index (χ3v) is 4.50. The van der Waals surface area contributed by atoms with E-state index in [1.807, 2.05) is 39.0 Å². The number of methoxy groups -OCH3 is 1. The summed E-state index contributed by atoms with van der Waals surface area (Å²) in [5, 5.41) is 10.5. The fourth-order valence-electron chi connectivity index (χ4n) is 2.27. The Balaban J connectivity index is 2.30. The zero-order valence-corrected chi connectivity index (χ0v) is 15.7. The molecule has 128 valence electrons. The average molecular weight is 394 g/mol. The van der Waals surface area contributed by atoms with Crippen LogP contribution in [0.5, 0.6) is 5.75 Å². The molecular formula is C18H20BrNO4. The summed E-state index contributed by atoms with van der Waals surface area (Å²) in [6.07, 6.45) is -0.853. The maximum absolute atomic E-state index is 11.6. The molecule has 0 unspecified atom stereocenters. The van der Waals surface area contributed by atoms with Crippen LogP contribution in [-0.4, -0.2) is 18.4 Å². The number of carbonyl (C=O) groups excluding carboxylic acids is 1. The summed E-state index contributed by atoms with van der Waals surface area (Å²) in [5.41, 5.74) is 4.22. The molecule has 2 aromatic carbocycles. The van der Waals surface area contributed by atoms with Crippen molar-refractivity contribution in [3.8, 4) is 5.75 Å². The van der Waals surface area contributed by atoms with Gasteiger partial charge in [-0.3, -0.25) is 5.21 Å². The first kappa shape index (κ1) is 18.3. The lowest BCUT2D eigenvalue weighted by Crippen LogP contribution is -2.28. The molecule has 6 heteroatoms. The highest BCUT2D eigenvalue weighted by Gasteiger charge is 2.19. The minimum Gasteiger partial charge on any atom is -0.488 e. The highest BCUT2D eigenvalue weighted by atomic mass is 79.9. The Labute approximate surface area is 149 Å². The van der Waals surface area contributed by atoms with Crippen molar-refractivity contribution in [3.63, 3.8) is 0 Å². The van der Waals surface area contributed by atoms with Crippen LogP contribution in [0.3, 0.4) is 0 Å². The van der Waals surface area contributed by atoms with Crippen LogP contribution in [0.25, 0.3) is 0 Å². The maximum atomic E-state index is 11.6. The van der Waals surface area contributed by atoms with Crippen LogP contribution in [0, 0.1) is 20.8 Å². The minimum absolute atomic E-state index is 0.206. The number of hydrogen-bond donors (Lipinski definition) is 1. The van der Waals surface area contributed by atoms with Gasteiger partial charge in [0.05, 0.1) is 17.3 Å². The summed E-state index contributed by atoms with van der Waals surface area (Å²) in [4.78, 5) is 11.6. The second-order valence-corrected chi connectivity index (χ2v) is 6.36. The molecule has 0 saturated heterocycles. The molecular weight excluding hydrogens is 374 g/mol. The number of hydroxylamine groups is 1. The van der Waals surface area contributed by atoms with E-state index in [-0.39, 0.29) is 6.61 Å². The second-order valence-electron chi connectivity index (χ2n) is 5.51. The van der Waals surface area contributed by atoms with Crippen LogP contribution in [0.15, 0.2) is 34.8 Å². The van der Waals surface area contributed by atoms with Gasteiger partial charge in [0.2, 0.25) is 0 Å². The molecule has 1 amide bonds. The van der Waals surface area contributed by atoms with Gasteiger partial charge in [-0.2, -0.15) is 5.06 Å². The van der Waals surface area contributed by atoms with Gasteiger partial charge in [0.15, 0.2) is 0 Å². The maximum Gasteiger partial charge on any atom is 0.438 e. The van der Waals surface area contributed by atoms with Crippen LogP contribution in [0.4, 0.5) is 10.5 Å². The van der Waals surface area contributed by atoms with Gasteiger partial charge in [0.25, 0.3) is 0 Å². The first-order chi connectivity index (χ1) is 11.3. The molecule has 24 heavy (non-hydrogen) atoms. The molecule has 0 atom stereocenters. The normalized spacial score (nSPS) is 10.4. The second kappa shape index (κ2) is 7.68. The Hall–Kier alpha value is -2.05. The Morgan fingerprint density at radius 2 is 1.83 bits per heavy atom. The number of halogens is 1. The number of aryl methyl sites for hydroxylation is 3. The van der Waals surface area contributed by atoms with E-state index in [2.05, 4.69) is 20.7 Å². The minimum atomic E-state index is -0.853. The molecule has 0 fully saturated rings. The summed E-state index contributed by atoms with van der Waals surface area (Å²) in [6.45, 7) is 6.14. The van der Waals surface area contributed by atoms with Crippen molar-refractivity contribution in [1.82, 2.24) is 0 Å². The van der Waals surface area contributed by atoms with Gasteiger partial charge in [-0.05, 0) is 71.6 Å². The zero-order chi connectivity index (χ0) is 17.9. The molecule has 2 rings (SSSR count). The lowest BCUT2D eigenvalue weighted by molar-refractivity contribution is 0.140. The van der Waals surface area contributed by atoms with Crippen molar-refractivity contribution in [2.75, 3.05) is 12.2 Å². The van der Waals surface area contributed by atoms with E-state index in [9.17, 15) is 10.0 Å². The summed E-state index contributed by atoms with van der Waals surface area (Å²) in [7, 11) is 1.21. The predicted octanol–water partition coefficient (Wildman–Crippen LogP) is 4.92. The Morgan fingerprint density at radius 3 is 2.50 bits per heavy atom. The summed E-state index contributed by atoms with van der Waals surface area (Å²) < 4.78 is 11.3. The Bertz CT molecular complexity index is 761. The van der Waals surface area contributed by atoms with Crippen molar-refractivity contribution < 1.29 is 19.5 Å². The molecule has 0 radical (unpaired) electrons. The number of benzene rings is 2. The van der Waals surface area contributed by atoms with Gasteiger partial charge in [0.1, 0.15) is 12.4 Å². The Morgan fingerprint density at radius 1 is 1.17 bits per heavy atom. The third-order valence-electron chi connectivity index (χ3n) is 3.88. The SMILES string of the molecule is COC(=O)N(O)c1cccc(C)c1COc1cc(C)c(C)cc1Br. The zero-order valence-electron chi connectivity index (χ0n) is 14.1. The first-order valence-corrected chi connectivity index (χ1v) is 8.19. The van der Waals surface area contributed by atoms with Gasteiger partial charge in [-0.1, -0.05) is 12.1 Å². The number of ether oxygens (including phenoxy) is 2. The lowest BCUT2D eigenvalue weighted by Gasteiger charge is -2.19. The summed E-state index contributed by atoms with van der Waals surface area (Å²) in [6, 6.07) is 9.23. The number of anilines is 1. The number of rotatable bonds is 4. The quantitative estimate of drug-likeness (QED) is 0.591. The molecule has 0 aliphatic rings. The molecule has 0 aliphatic heterocycles. The van der Waals surface area contributed by atoms with E-state index >= 15 is 0 Å². The van der Waals surface area contributed by atoms with E-state index in [1.54, 1.807) is 12.1 Å². The highest BCUT2D eigenvalue weighted by Crippen LogP contribution is 2.31. The molecule has 2 aromatic rings. The van der Waals surface area contributed by atoms with Gasteiger partial charge in [-0.25, -0.2) is 4.79 Å². The monoisotopic (exact) mass is 393 g/mol. The predicted molar refractivity (Wildman–Crippen MR) is 95.8 cm³/mol. The van der Waals surface area contributed by atoms with Gasteiger partial charge in [0, 0.05) is 5.56 Å². The van der Waals surface area contributed by atoms with Crippen molar-refractivity contribution in [3.05, 3.63) is 57.1 Å². The average Bonchev–Trinajstić information content (AvgIpc) is 2.56. The molecule has 0 spiro atoms. The van der Waals surface area contributed by atoms with Crippen molar-refractivity contribution in [2.24, 2.45) is 0 Å². The summed E-state index contributed by atoms with van der Waals surface area (Å²) in [5.74, 6) is 0.704. The molecule has 0 aliphatic carbocycles. The van der Waals surface area contributed by atoms with Crippen LogP contribution < -0.4 is 9.80 Å². The smallest absolute Gasteiger partial charge is 0.438 e. The summed E-state index contributed by atoms with van der Waals surface area (Å²) >= 11 is 3.50. The van der Waals surface area contributed by atoms with Crippen molar-refractivity contribution >= 4 is 27.7 Å². The fraction of sp³-hybridized carbons (Fsp3) is 0.278. The van der Waals surface area contributed by atoms with Crippen molar-refractivity contribution in [1.29, 1.82) is 0 Å². The van der Waals surface area contributed by atoms with Gasteiger partial charge >= 0.3 is 6.09 Å². The lowest BCUT2D eigenvalue weighted by atomic mass is 10.1. The van der Waals surface area contributed by atoms with E-state index in [4.69, 9.17) is 4.74 Å². The molecule has 0 saturated carbocycles.